The Morgan fingerprint density at radius 2 is 1.81 bits per heavy atom. The van der Waals surface area contributed by atoms with Crippen LogP contribution in [0.25, 0.3) is 0 Å². The summed E-state index contributed by atoms with van der Waals surface area (Å²) in [6, 6.07) is 4.69. The Morgan fingerprint density at radius 1 is 1.25 bits per heavy atom. The van der Waals surface area contributed by atoms with E-state index in [1.807, 2.05) is 0 Å². The van der Waals surface area contributed by atoms with Crippen LogP contribution in [0.3, 0.4) is 0 Å². The first-order chi connectivity index (χ1) is 7.26. The molecule has 90 valence electrons. The summed E-state index contributed by atoms with van der Waals surface area (Å²) in [5, 5.41) is 0.435. The van der Waals surface area contributed by atoms with Gasteiger partial charge in [-0.2, -0.15) is 12.7 Å². The maximum absolute atomic E-state index is 11.8. The number of hydrogen-bond acceptors (Lipinski definition) is 3. The van der Waals surface area contributed by atoms with E-state index in [4.69, 9.17) is 17.3 Å². The van der Waals surface area contributed by atoms with E-state index in [2.05, 4.69) is 0 Å². The van der Waals surface area contributed by atoms with Crippen LogP contribution in [-0.4, -0.2) is 33.9 Å². The van der Waals surface area contributed by atoms with Crippen LogP contribution in [0.4, 0.5) is 11.4 Å². The molecule has 2 N–H and O–H groups in total. The summed E-state index contributed by atoms with van der Waals surface area (Å²) in [6.07, 6.45) is 0. The molecule has 0 aliphatic rings. The van der Waals surface area contributed by atoms with Crippen molar-refractivity contribution in [3.05, 3.63) is 23.2 Å². The number of benzene rings is 1. The molecule has 1 rings (SSSR count). The Kier molecular flexibility index (Phi) is 3.67. The molecule has 5 nitrogen and oxygen atoms in total. The van der Waals surface area contributed by atoms with Gasteiger partial charge in [0.05, 0.1) is 11.4 Å². The van der Waals surface area contributed by atoms with Crippen LogP contribution in [0.1, 0.15) is 0 Å². The highest BCUT2D eigenvalue weighted by Gasteiger charge is 2.22. The summed E-state index contributed by atoms with van der Waals surface area (Å²) in [5.74, 6) is 0. The summed E-state index contributed by atoms with van der Waals surface area (Å²) >= 11 is 5.80. The lowest BCUT2D eigenvalue weighted by molar-refractivity contribution is 0.519. The second kappa shape index (κ2) is 4.48. The molecule has 0 bridgehead atoms. The zero-order valence-electron chi connectivity index (χ0n) is 9.31. The molecule has 0 aliphatic heterocycles. The van der Waals surface area contributed by atoms with Crippen LogP contribution >= 0.6 is 11.6 Å². The molecule has 0 heterocycles. The third-order valence-corrected chi connectivity index (χ3v) is 4.19. The van der Waals surface area contributed by atoms with E-state index in [-0.39, 0.29) is 0 Å². The predicted octanol–water partition coefficient (Wildman–Crippen LogP) is 1.16. The SMILES string of the molecule is CN(C)S(=O)(=O)N(C)c1cc(Cl)ccc1N. The number of hydrogen-bond donors (Lipinski definition) is 1. The monoisotopic (exact) mass is 263 g/mol. The van der Waals surface area contributed by atoms with Gasteiger partial charge in [-0.25, -0.2) is 0 Å². The zero-order valence-corrected chi connectivity index (χ0v) is 10.9. The quantitative estimate of drug-likeness (QED) is 0.833. The van der Waals surface area contributed by atoms with Crippen LogP contribution in [0.15, 0.2) is 18.2 Å². The first-order valence-corrected chi connectivity index (χ1v) is 6.25. The lowest BCUT2D eigenvalue weighted by Gasteiger charge is -2.24. The molecule has 0 atom stereocenters. The highest BCUT2D eigenvalue weighted by atomic mass is 35.5. The number of nitrogens with zero attached hydrogens (tertiary/aromatic N) is 2. The fourth-order valence-electron chi connectivity index (χ4n) is 1.16. The Bertz CT molecular complexity index is 488. The van der Waals surface area contributed by atoms with Gasteiger partial charge in [-0.15, -0.1) is 0 Å². The van der Waals surface area contributed by atoms with Crippen LogP contribution in [0.5, 0.6) is 0 Å². The molecule has 0 fully saturated rings. The van der Waals surface area contributed by atoms with E-state index in [1.165, 1.54) is 27.2 Å². The Labute approximate surface area is 101 Å². The van der Waals surface area contributed by atoms with Gasteiger partial charge in [-0.05, 0) is 18.2 Å². The lowest BCUT2D eigenvalue weighted by atomic mass is 10.3. The summed E-state index contributed by atoms with van der Waals surface area (Å²) in [5.41, 5.74) is 6.42. The molecular formula is C9H14ClN3O2S. The van der Waals surface area contributed by atoms with Crippen molar-refractivity contribution < 1.29 is 8.42 Å². The van der Waals surface area contributed by atoms with Crippen molar-refractivity contribution in [2.45, 2.75) is 0 Å². The van der Waals surface area contributed by atoms with Crippen LogP contribution in [-0.2, 0) is 10.2 Å². The summed E-state index contributed by atoms with van der Waals surface area (Å²) in [4.78, 5) is 0. The molecule has 0 unspecified atom stereocenters. The first kappa shape index (κ1) is 13.1. The van der Waals surface area contributed by atoms with Gasteiger partial charge in [-0.3, -0.25) is 4.31 Å². The second-order valence-corrected chi connectivity index (χ2v) is 6.07. The third-order valence-electron chi connectivity index (χ3n) is 2.14. The van der Waals surface area contributed by atoms with Crippen molar-refractivity contribution in [2.75, 3.05) is 31.2 Å². The largest absolute Gasteiger partial charge is 0.397 e. The van der Waals surface area contributed by atoms with Gasteiger partial charge in [0.15, 0.2) is 0 Å². The van der Waals surface area contributed by atoms with Gasteiger partial charge in [-0.1, -0.05) is 11.6 Å². The summed E-state index contributed by atoms with van der Waals surface area (Å²) in [6.45, 7) is 0. The van der Waals surface area contributed by atoms with Crippen molar-refractivity contribution >= 4 is 33.2 Å². The van der Waals surface area contributed by atoms with Gasteiger partial charge in [0.2, 0.25) is 0 Å². The molecule has 7 heteroatoms. The normalized spacial score (nSPS) is 11.8. The number of anilines is 2. The molecule has 0 saturated carbocycles. The lowest BCUT2D eigenvalue weighted by Crippen LogP contribution is -2.37. The molecule has 0 aromatic heterocycles. The van der Waals surface area contributed by atoms with Gasteiger partial charge >= 0.3 is 10.2 Å². The van der Waals surface area contributed by atoms with Gasteiger partial charge in [0.25, 0.3) is 0 Å². The van der Waals surface area contributed by atoms with Crippen molar-refractivity contribution in [3.8, 4) is 0 Å². The van der Waals surface area contributed by atoms with E-state index in [0.717, 1.165) is 8.61 Å². The molecule has 0 saturated heterocycles. The van der Waals surface area contributed by atoms with Crippen molar-refractivity contribution in [1.82, 2.24) is 4.31 Å². The number of halogens is 1. The Morgan fingerprint density at radius 3 is 2.31 bits per heavy atom. The topological polar surface area (TPSA) is 66.6 Å². The molecule has 0 amide bonds. The predicted molar refractivity (Wildman–Crippen MR) is 66.9 cm³/mol. The van der Waals surface area contributed by atoms with Gasteiger partial charge in [0, 0.05) is 26.2 Å². The number of rotatable bonds is 3. The van der Waals surface area contributed by atoms with E-state index < -0.39 is 10.2 Å². The summed E-state index contributed by atoms with van der Waals surface area (Å²) < 4.78 is 25.9. The molecule has 16 heavy (non-hydrogen) atoms. The van der Waals surface area contributed by atoms with Crippen LogP contribution in [0.2, 0.25) is 5.02 Å². The smallest absolute Gasteiger partial charge is 0.303 e. The fourth-order valence-corrected chi connectivity index (χ4v) is 2.22. The van der Waals surface area contributed by atoms with E-state index >= 15 is 0 Å². The Balaban J connectivity index is 3.25. The van der Waals surface area contributed by atoms with Crippen LogP contribution in [0, 0.1) is 0 Å². The maximum Gasteiger partial charge on any atom is 0.303 e. The minimum absolute atomic E-state index is 0.359. The molecular weight excluding hydrogens is 250 g/mol. The molecule has 0 aliphatic carbocycles. The minimum atomic E-state index is -3.54. The van der Waals surface area contributed by atoms with Crippen molar-refractivity contribution in [1.29, 1.82) is 0 Å². The maximum atomic E-state index is 11.8. The van der Waals surface area contributed by atoms with Crippen LogP contribution < -0.4 is 10.0 Å². The first-order valence-electron chi connectivity index (χ1n) is 4.48. The molecule has 1 aromatic carbocycles. The molecule has 0 radical (unpaired) electrons. The van der Waals surface area contributed by atoms with Gasteiger partial charge < -0.3 is 5.73 Å². The summed E-state index contributed by atoms with van der Waals surface area (Å²) in [7, 11) is 0.789. The second-order valence-electron chi connectivity index (χ2n) is 3.46. The van der Waals surface area contributed by atoms with E-state index in [1.54, 1.807) is 12.1 Å². The molecule has 1 aromatic rings. The number of nitrogen functional groups attached to an aromatic ring is 1. The minimum Gasteiger partial charge on any atom is -0.397 e. The number of nitrogens with two attached hydrogens (primary N) is 1. The highest BCUT2D eigenvalue weighted by Crippen LogP contribution is 2.28. The molecule has 0 spiro atoms. The van der Waals surface area contributed by atoms with Crippen molar-refractivity contribution in [2.24, 2.45) is 0 Å². The van der Waals surface area contributed by atoms with E-state index in [9.17, 15) is 8.42 Å². The van der Waals surface area contributed by atoms with E-state index in [0.29, 0.717) is 16.4 Å². The Hall–Kier alpha value is -0.980. The third kappa shape index (κ3) is 2.40. The fraction of sp³-hybridized carbons (Fsp3) is 0.333. The van der Waals surface area contributed by atoms with Crippen molar-refractivity contribution in [3.63, 3.8) is 0 Å². The average Bonchev–Trinajstić information content (AvgIpc) is 2.20. The average molecular weight is 264 g/mol. The highest BCUT2D eigenvalue weighted by molar-refractivity contribution is 7.90. The van der Waals surface area contributed by atoms with Gasteiger partial charge in [0.1, 0.15) is 0 Å². The zero-order chi connectivity index (χ0) is 12.5. The standard InChI is InChI=1S/C9H14ClN3O2S/c1-12(2)16(14,15)13(3)9-6-7(10)4-5-8(9)11/h4-6H,11H2,1-3H3.